The van der Waals surface area contributed by atoms with Crippen molar-refractivity contribution in [3.63, 3.8) is 0 Å². The largest absolute Gasteiger partial charge is 0.393 e. The van der Waals surface area contributed by atoms with Crippen molar-refractivity contribution < 1.29 is 20.1 Å². The SMILES string of the molecule is CC(=O)[C@]1(C)CC[C@@]2(C)[C@H]1[C@@H](O)C[C@]1(C)[C@@H]2[C@H](O)C[C@@H]2[C@@]3(C)CC[C@H](O)C(C)(C)[C@@H]3CC[C@]21C. The molecule has 12 atom stereocenters. The summed E-state index contributed by atoms with van der Waals surface area (Å²) in [6.45, 7) is 17.9. The molecule has 0 heterocycles. The topological polar surface area (TPSA) is 77.8 Å². The zero-order chi connectivity index (χ0) is 25.3. The van der Waals surface area contributed by atoms with E-state index in [2.05, 4.69) is 48.5 Å². The van der Waals surface area contributed by atoms with Gasteiger partial charge >= 0.3 is 0 Å². The first-order valence-electron chi connectivity index (χ1n) is 14.1. The van der Waals surface area contributed by atoms with Gasteiger partial charge in [0, 0.05) is 11.3 Å². The zero-order valence-electron chi connectivity index (χ0n) is 22.9. The van der Waals surface area contributed by atoms with Gasteiger partial charge in [0.1, 0.15) is 5.78 Å². The fraction of sp³-hybridized carbons (Fsp3) is 0.967. The van der Waals surface area contributed by atoms with E-state index in [0.717, 1.165) is 44.9 Å². The molecule has 0 amide bonds. The molecule has 0 aliphatic heterocycles. The molecule has 5 rings (SSSR count). The van der Waals surface area contributed by atoms with E-state index in [0.29, 0.717) is 18.3 Å². The Morgan fingerprint density at radius 3 is 1.97 bits per heavy atom. The molecule has 194 valence electrons. The highest BCUT2D eigenvalue weighted by molar-refractivity contribution is 5.83. The van der Waals surface area contributed by atoms with Crippen molar-refractivity contribution in [3.8, 4) is 0 Å². The van der Waals surface area contributed by atoms with Crippen LogP contribution in [0.3, 0.4) is 0 Å². The molecular formula is C30H50O4. The Hall–Kier alpha value is -0.450. The fourth-order valence-corrected chi connectivity index (χ4v) is 12.2. The molecule has 0 saturated heterocycles. The van der Waals surface area contributed by atoms with Crippen molar-refractivity contribution in [3.05, 3.63) is 0 Å². The van der Waals surface area contributed by atoms with E-state index < -0.39 is 17.6 Å². The molecule has 5 saturated carbocycles. The van der Waals surface area contributed by atoms with Crippen molar-refractivity contribution in [2.45, 2.75) is 125 Å². The quantitative estimate of drug-likeness (QED) is 0.477. The lowest BCUT2D eigenvalue weighted by Crippen LogP contribution is -2.71. The van der Waals surface area contributed by atoms with Crippen LogP contribution in [0.15, 0.2) is 0 Å². The second kappa shape index (κ2) is 7.10. The number of carbonyl (C=O) groups excluding carboxylic acids is 1. The molecule has 0 radical (unpaired) electrons. The van der Waals surface area contributed by atoms with E-state index in [1.807, 2.05) is 0 Å². The van der Waals surface area contributed by atoms with E-state index in [4.69, 9.17) is 0 Å². The third kappa shape index (κ3) is 2.69. The highest BCUT2D eigenvalue weighted by Crippen LogP contribution is 2.78. The Kier molecular flexibility index (Phi) is 5.26. The fourth-order valence-electron chi connectivity index (χ4n) is 12.2. The van der Waals surface area contributed by atoms with Crippen molar-refractivity contribution in [1.82, 2.24) is 0 Å². The minimum Gasteiger partial charge on any atom is -0.393 e. The van der Waals surface area contributed by atoms with E-state index in [1.165, 1.54) is 0 Å². The first-order chi connectivity index (χ1) is 15.5. The van der Waals surface area contributed by atoms with Crippen LogP contribution in [0.2, 0.25) is 0 Å². The van der Waals surface area contributed by atoms with Crippen molar-refractivity contribution in [2.24, 2.45) is 56.2 Å². The summed E-state index contributed by atoms with van der Waals surface area (Å²) in [5.74, 6) is 1.02. The van der Waals surface area contributed by atoms with E-state index in [-0.39, 0.29) is 50.8 Å². The molecule has 0 spiro atoms. The van der Waals surface area contributed by atoms with Gasteiger partial charge in [0.15, 0.2) is 0 Å². The number of hydrogen-bond donors (Lipinski definition) is 3. The van der Waals surface area contributed by atoms with Crippen LogP contribution in [0, 0.1) is 56.2 Å². The predicted molar refractivity (Wildman–Crippen MR) is 134 cm³/mol. The number of carbonyl (C=O) groups is 1. The summed E-state index contributed by atoms with van der Waals surface area (Å²) in [7, 11) is 0. The van der Waals surface area contributed by atoms with Gasteiger partial charge < -0.3 is 15.3 Å². The molecule has 34 heavy (non-hydrogen) atoms. The summed E-state index contributed by atoms with van der Waals surface area (Å²) in [4.78, 5) is 12.8. The molecule has 5 aliphatic rings. The number of aliphatic hydroxyl groups excluding tert-OH is 3. The minimum atomic E-state index is -0.513. The second-order valence-corrected chi connectivity index (χ2v) is 15.4. The molecule has 3 N–H and O–H groups in total. The van der Waals surface area contributed by atoms with E-state index >= 15 is 0 Å². The molecular weight excluding hydrogens is 424 g/mol. The third-order valence-electron chi connectivity index (χ3n) is 14.0. The zero-order valence-corrected chi connectivity index (χ0v) is 22.9. The summed E-state index contributed by atoms with van der Waals surface area (Å²) in [6.07, 6.45) is 6.06. The van der Waals surface area contributed by atoms with E-state index in [1.54, 1.807) is 6.92 Å². The number of aliphatic hydroxyl groups is 3. The predicted octanol–water partition coefficient (Wildman–Crippen LogP) is 5.37. The van der Waals surface area contributed by atoms with Crippen LogP contribution < -0.4 is 0 Å². The van der Waals surface area contributed by atoms with Gasteiger partial charge in [-0.25, -0.2) is 0 Å². The minimum absolute atomic E-state index is 0.0185. The molecule has 0 bridgehead atoms. The summed E-state index contributed by atoms with van der Waals surface area (Å²) in [5, 5.41) is 34.7. The van der Waals surface area contributed by atoms with Crippen molar-refractivity contribution in [2.75, 3.05) is 0 Å². The summed E-state index contributed by atoms with van der Waals surface area (Å²) in [5.41, 5.74) is -0.938. The average Bonchev–Trinajstić information content (AvgIpc) is 3.00. The lowest BCUT2D eigenvalue weighted by atomic mass is 9.31. The molecule has 0 aromatic heterocycles. The lowest BCUT2D eigenvalue weighted by molar-refractivity contribution is -0.291. The molecule has 4 nitrogen and oxygen atoms in total. The number of fused-ring (bicyclic) bond motifs is 7. The Balaban J connectivity index is 1.61. The molecule has 0 aromatic carbocycles. The Bertz CT molecular complexity index is 883. The summed E-state index contributed by atoms with van der Waals surface area (Å²) in [6, 6.07) is 0. The second-order valence-electron chi connectivity index (χ2n) is 15.4. The van der Waals surface area contributed by atoms with Gasteiger partial charge in [-0.2, -0.15) is 0 Å². The number of rotatable bonds is 1. The maximum Gasteiger partial charge on any atom is 0.136 e. The smallest absolute Gasteiger partial charge is 0.136 e. The monoisotopic (exact) mass is 474 g/mol. The Labute approximate surface area is 207 Å². The third-order valence-corrected chi connectivity index (χ3v) is 14.0. The standard InChI is InChI=1S/C30H50O4/c1-17(31)26(4)13-14-28(6)23(26)19(33)16-30(8)24(28)18(32)15-21-27(5)11-10-22(34)25(2,3)20(27)9-12-29(21,30)7/h18-24,32-34H,9-16H2,1-8H3/t18-,19+,20+,21-,22+,23+,24-,26+,27+,28+,29-,30-/m1/s1. The van der Waals surface area contributed by atoms with Gasteiger partial charge in [-0.15, -0.1) is 0 Å². The summed E-state index contributed by atoms with van der Waals surface area (Å²) < 4.78 is 0. The number of hydrogen-bond acceptors (Lipinski definition) is 4. The molecule has 5 fully saturated rings. The summed E-state index contributed by atoms with van der Waals surface area (Å²) >= 11 is 0. The van der Waals surface area contributed by atoms with Gasteiger partial charge in [-0.05, 0) is 103 Å². The van der Waals surface area contributed by atoms with Crippen LogP contribution in [-0.4, -0.2) is 39.4 Å². The maximum absolute atomic E-state index is 12.8. The maximum atomic E-state index is 12.8. The van der Waals surface area contributed by atoms with Gasteiger partial charge in [-0.3, -0.25) is 4.79 Å². The highest BCUT2D eigenvalue weighted by Gasteiger charge is 2.75. The Morgan fingerprint density at radius 1 is 0.706 bits per heavy atom. The lowest BCUT2D eigenvalue weighted by Gasteiger charge is -2.74. The molecule has 0 unspecified atom stereocenters. The van der Waals surface area contributed by atoms with Gasteiger partial charge in [0.2, 0.25) is 0 Å². The van der Waals surface area contributed by atoms with Crippen LogP contribution in [0.25, 0.3) is 0 Å². The van der Waals surface area contributed by atoms with Crippen molar-refractivity contribution >= 4 is 5.78 Å². The van der Waals surface area contributed by atoms with Gasteiger partial charge in [0.05, 0.1) is 18.3 Å². The van der Waals surface area contributed by atoms with Crippen LogP contribution in [0.4, 0.5) is 0 Å². The van der Waals surface area contributed by atoms with Crippen LogP contribution >= 0.6 is 0 Å². The highest BCUT2D eigenvalue weighted by atomic mass is 16.3. The molecule has 0 aromatic rings. The normalized spacial score (nSPS) is 60.5. The van der Waals surface area contributed by atoms with E-state index in [9.17, 15) is 20.1 Å². The van der Waals surface area contributed by atoms with Crippen LogP contribution in [-0.2, 0) is 4.79 Å². The van der Waals surface area contributed by atoms with Crippen LogP contribution in [0.5, 0.6) is 0 Å². The Morgan fingerprint density at radius 2 is 1.35 bits per heavy atom. The first-order valence-corrected chi connectivity index (χ1v) is 14.1. The molecule has 4 heteroatoms. The van der Waals surface area contributed by atoms with Gasteiger partial charge in [-0.1, -0.05) is 48.5 Å². The first kappa shape index (κ1) is 25.2. The van der Waals surface area contributed by atoms with Gasteiger partial charge in [0.25, 0.3) is 0 Å². The average molecular weight is 475 g/mol. The number of Topliss-reactive ketones (excluding diaryl/α,β-unsaturated/α-hetero) is 1. The van der Waals surface area contributed by atoms with Crippen molar-refractivity contribution in [1.29, 1.82) is 0 Å². The molecule has 5 aliphatic carbocycles. The number of ketones is 1. The van der Waals surface area contributed by atoms with Crippen LogP contribution in [0.1, 0.15) is 107 Å².